The van der Waals surface area contributed by atoms with Gasteiger partial charge in [0.15, 0.2) is 0 Å². The average molecular weight is 236 g/mol. The third-order valence-electron chi connectivity index (χ3n) is 1.48. The van der Waals surface area contributed by atoms with Crippen molar-refractivity contribution in [2.45, 2.75) is 6.04 Å². The molecule has 1 amide bonds. The Morgan fingerprint density at radius 3 is 2.80 bits per heavy atom. The molecule has 0 aliphatic rings. The molecule has 0 heterocycles. The van der Waals surface area contributed by atoms with Gasteiger partial charge >= 0.3 is 5.97 Å². The lowest BCUT2D eigenvalue weighted by Crippen LogP contribution is -2.34. The molecule has 7 heteroatoms. The van der Waals surface area contributed by atoms with Gasteiger partial charge in [0.1, 0.15) is 6.04 Å². The van der Waals surface area contributed by atoms with Gasteiger partial charge in [0, 0.05) is 19.4 Å². The van der Waals surface area contributed by atoms with Crippen molar-refractivity contribution in [3.63, 3.8) is 0 Å². The van der Waals surface area contributed by atoms with E-state index < -0.39 is 12.0 Å². The molecular formula is C8H16N2O4S. The minimum Gasteiger partial charge on any atom is -0.480 e. The van der Waals surface area contributed by atoms with E-state index >= 15 is 0 Å². The van der Waals surface area contributed by atoms with Crippen molar-refractivity contribution in [1.29, 1.82) is 0 Å². The molecule has 6 nitrogen and oxygen atoms in total. The number of nitrogens with two attached hydrogens (primary N) is 1. The largest absolute Gasteiger partial charge is 0.480 e. The molecule has 0 radical (unpaired) electrons. The molecule has 0 aromatic carbocycles. The maximum atomic E-state index is 11.1. The van der Waals surface area contributed by atoms with E-state index in [-0.39, 0.29) is 17.4 Å². The zero-order valence-corrected chi connectivity index (χ0v) is 9.38. The molecule has 0 bridgehead atoms. The van der Waals surface area contributed by atoms with Crippen LogP contribution in [0.4, 0.5) is 0 Å². The van der Waals surface area contributed by atoms with Gasteiger partial charge in [0.25, 0.3) is 0 Å². The van der Waals surface area contributed by atoms with Crippen LogP contribution in [0.15, 0.2) is 0 Å². The van der Waals surface area contributed by atoms with Crippen LogP contribution in [0.1, 0.15) is 0 Å². The van der Waals surface area contributed by atoms with Gasteiger partial charge in [0.2, 0.25) is 5.91 Å². The molecule has 88 valence electrons. The topological polar surface area (TPSA) is 102 Å². The second-order valence-corrected chi connectivity index (χ2v) is 3.83. The third kappa shape index (κ3) is 8.22. The van der Waals surface area contributed by atoms with E-state index in [0.717, 1.165) is 0 Å². The SMILES string of the molecule is COCCNC(=O)CSCC(N)C(=O)O. The second-order valence-electron chi connectivity index (χ2n) is 2.80. The molecule has 0 aliphatic heterocycles. The summed E-state index contributed by atoms with van der Waals surface area (Å²) in [6.45, 7) is 0.923. The first-order valence-electron chi connectivity index (χ1n) is 4.39. The summed E-state index contributed by atoms with van der Waals surface area (Å²) in [7, 11) is 1.55. The number of hydrogen-bond donors (Lipinski definition) is 3. The van der Waals surface area contributed by atoms with Crippen molar-refractivity contribution in [3.8, 4) is 0 Å². The van der Waals surface area contributed by atoms with Crippen LogP contribution in [-0.4, -0.2) is 54.8 Å². The Hall–Kier alpha value is -0.790. The van der Waals surface area contributed by atoms with Crippen LogP contribution < -0.4 is 11.1 Å². The number of rotatable bonds is 8. The van der Waals surface area contributed by atoms with Gasteiger partial charge in [-0.25, -0.2) is 0 Å². The van der Waals surface area contributed by atoms with Crippen LogP contribution >= 0.6 is 11.8 Å². The summed E-state index contributed by atoms with van der Waals surface area (Å²) < 4.78 is 4.75. The van der Waals surface area contributed by atoms with Crippen LogP contribution in [0.5, 0.6) is 0 Å². The number of carboxylic acid groups (broad SMARTS) is 1. The lowest BCUT2D eigenvalue weighted by atomic mass is 10.4. The molecule has 4 N–H and O–H groups in total. The first-order chi connectivity index (χ1) is 7.07. The Morgan fingerprint density at radius 1 is 1.60 bits per heavy atom. The summed E-state index contributed by atoms with van der Waals surface area (Å²) in [4.78, 5) is 21.4. The molecule has 0 spiro atoms. The van der Waals surface area contributed by atoms with Crippen molar-refractivity contribution >= 4 is 23.6 Å². The third-order valence-corrected chi connectivity index (χ3v) is 2.54. The smallest absolute Gasteiger partial charge is 0.321 e. The van der Waals surface area contributed by atoms with E-state index in [1.165, 1.54) is 11.8 Å². The van der Waals surface area contributed by atoms with E-state index in [9.17, 15) is 9.59 Å². The zero-order valence-electron chi connectivity index (χ0n) is 8.56. The van der Waals surface area contributed by atoms with E-state index in [1.54, 1.807) is 7.11 Å². The monoisotopic (exact) mass is 236 g/mol. The quantitative estimate of drug-likeness (QED) is 0.462. The molecular weight excluding hydrogens is 220 g/mol. The predicted octanol–water partition coefficient (Wildman–Crippen LogP) is -1.11. The van der Waals surface area contributed by atoms with Crippen molar-refractivity contribution in [2.75, 3.05) is 31.8 Å². The Kier molecular flexibility index (Phi) is 8.06. The van der Waals surface area contributed by atoms with Crippen LogP contribution in [0.25, 0.3) is 0 Å². The Balaban J connectivity index is 3.42. The maximum absolute atomic E-state index is 11.1. The van der Waals surface area contributed by atoms with Crippen molar-refractivity contribution < 1.29 is 19.4 Å². The zero-order chi connectivity index (χ0) is 11.7. The molecule has 0 aliphatic carbocycles. The van der Waals surface area contributed by atoms with Gasteiger partial charge in [-0.3, -0.25) is 9.59 Å². The minimum atomic E-state index is -1.05. The highest BCUT2D eigenvalue weighted by Gasteiger charge is 2.11. The summed E-state index contributed by atoms with van der Waals surface area (Å²) in [5.74, 6) is -0.755. The van der Waals surface area contributed by atoms with Crippen molar-refractivity contribution in [1.82, 2.24) is 5.32 Å². The minimum absolute atomic E-state index is 0.144. The summed E-state index contributed by atoms with van der Waals surface area (Å²) in [6, 6.07) is -0.915. The molecule has 0 aromatic heterocycles. The number of aliphatic carboxylic acids is 1. The number of ether oxygens (including phenoxy) is 1. The first-order valence-corrected chi connectivity index (χ1v) is 5.55. The highest BCUT2D eigenvalue weighted by Crippen LogP contribution is 2.01. The summed E-state index contributed by atoms with van der Waals surface area (Å²) in [6.07, 6.45) is 0. The normalized spacial score (nSPS) is 12.1. The lowest BCUT2D eigenvalue weighted by molar-refractivity contribution is -0.137. The first kappa shape index (κ1) is 14.2. The number of amides is 1. The highest BCUT2D eigenvalue weighted by atomic mass is 32.2. The van der Waals surface area contributed by atoms with E-state index in [2.05, 4.69) is 5.32 Å². The molecule has 0 fully saturated rings. The van der Waals surface area contributed by atoms with Gasteiger partial charge in [-0.1, -0.05) is 0 Å². The van der Waals surface area contributed by atoms with Gasteiger partial charge in [-0.15, -0.1) is 11.8 Å². The van der Waals surface area contributed by atoms with Crippen molar-refractivity contribution in [3.05, 3.63) is 0 Å². The van der Waals surface area contributed by atoms with Gasteiger partial charge in [0.05, 0.1) is 12.4 Å². The summed E-state index contributed by atoms with van der Waals surface area (Å²) >= 11 is 1.20. The molecule has 0 saturated heterocycles. The number of carbonyl (C=O) groups excluding carboxylic acids is 1. The number of nitrogens with one attached hydrogen (secondary N) is 1. The molecule has 0 rings (SSSR count). The average Bonchev–Trinajstić information content (AvgIpc) is 2.18. The van der Waals surface area contributed by atoms with E-state index in [4.69, 9.17) is 15.6 Å². The van der Waals surface area contributed by atoms with Gasteiger partial charge in [-0.2, -0.15) is 0 Å². The fourth-order valence-corrected chi connectivity index (χ4v) is 1.50. The predicted molar refractivity (Wildman–Crippen MR) is 57.8 cm³/mol. The molecule has 1 atom stereocenters. The van der Waals surface area contributed by atoms with Crippen LogP contribution in [-0.2, 0) is 14.3 Å². The van der Waals surface area contributed by atoms with E-state index in [0.29, 0.717) is 13.2 Å². The van der Waals surface area contributed by atoms with Crippen LogP contribution in [0.3, 0.4) is 0 Å². The summed E-state index contributed by atoms with van der Waals surface area (Å²) in [5, 5.41) is 11.1. The van der Waals surface area contributed by atoms with Gasteiger partial charge < -0.3 is 20.9 Å². The second kappa shape index (κ2) is 8.51. The van der Waals surface area contributed by atoms with Crippen LogP contribution in [0, 0.1) is 0 Å². The standard InChI is InChI=1S/C8H16N2O4S/c1-14-3-2-10-7(11)5-15-4-6(9)8(12)13/h6H,2-5,9H2,1H3,(H,10,11)(H,12,13). The van der Waals surface area contributed by atoms with Crippen LogP contribution in [0.2, 0.25) is 0 Å². The fraction of sp³-hybridized carbons (Fsp3) is 0.750. The molecule has 15 heavy (non-hydrogen) atoms. The Bertz CT molecular complexity index is 213. The Labute approximate surface area is 92.5 Å². The number of hydrogen-bond acceptors (Lipinski definition) is 5. The Morgan fingerprint density at radius 2 is 2.27 bits per heavy atom. The number of carbonyl (C=O) groups is 2. The molecule has 0 aromatic rings. The summed E-state index contributed by atoms with van der Waals surface area (Å²) in [5.41, 5.74) is 5.25. The number of carboxylic acids is 1. The van der Waals surface area contributed by atoms with Crippen molar-refractivity contribution in [2.24, 2.45) is 5.73 Å². The van der Waals surface area contributed by atoms with Gasteiger partial charge in [-0.05, 0) is 0 Å². The highest BCUT2D eigenvalue weighted by molar-refractivity contribution is 8.00. The fourth-order valence-electron chi connectivity index (χ4n) is 0.693. The molecule has 0 saturated carbocycles. The lowest BCUT2D eigenvalue weighted by Gasteiger charge is -2.06. The number of methoxy groups -OCH3 is 1. The van der Waals surface area contributed by atoms with E-state index in [1.807, 2.05) is 0 Å². The number of thioether (sulfide) groups is 1. The maximum Gasteiger partial charge on any atom is 0.321 e. The molecule has 1 unspecified atom stereocenters.